The molecule has 0 fully saturated rings. The third-order valence-corrected chi connectivity index (χ3v) is 3.74. The number of aryl methyl sites for hydroxylation is 1. The summed E-state index contributed by atoms with van der Waals surface area (Å²) in [4.78, 5) is 16.5. The summed E-state index contributed by atoms with van der Waals surface area (Å²) in [5.74, 6) is 0.476. The van der Waals surface area contributed by atoms with E-state index in [0.717, 1.165) is 24.0 Å². The van der Waals surface area contributed by atoms with E-state index in [-0.39, 0.29) is 5.91 Å². The van der Waals surface area contributed by atoms with Crippen LogP contribution in [0.2, 0.25) is 0 Å². The molecular formula is C18H19N3O2. The van der Waals surface area contributed by atoms with Crippen molar-refractivity contribution in [3.05, 3.63) is 60.4 Å². The van der Waals surface area contributed by atoms with Crippen LogP contribution in [0.25, 0.3) is 11.0 Å². The molecule has 23 heavy (non-hydrogen) atoms. The molecule has 0 saturated heterocycles. The number of hydrogen-bond acceptors (Lipinski definition) is 3. The van der Waals surface area contributed by atoms with Gasteiger partial charge in [0, 0.05) is 13.1 Å². The van der Waals surface area contributed by atoms with E-state index in [1.807, 2.05) is 36.7 Å². The van der Waals surface area contributed by atoms with E-state index in [1.165, 1.54) is 0 Å². The second-order valence-electron chi connectivity index (χ2n) is 5.24. The third-order valence-electron chi connectivity index (χ3n) is 3.74. The average Bonchev–Trinajstić information content (AvgIpc) is 3.01. The summed E-state index contributed by atoms with van der Waals surface area (Å²) in [6, 6.07) is 15.3. The summed E-state index contributed by atoms with van der Waals surface area (Å²) in [7, 11) is 1.57. The van der Waals surface area contributed by atoms with Crippen LogP contribution in [0.1, 0.15) is 16.8 Å². The lowest BCUT2D eigenvalue weighted by Crippen LogP contribution is -2.25. The van der Waals surface area contributed by atoms with Gasteiger partial charge in [-0.15, -0.1) is 0 Å². The number of benzene rings is 2. The molecule has 2 aromatic carbocycles. The van der Waals surface area contributed by atoms with Gasteiger partial charge in [0.1, 0.15) is 5.75 Å². The van der Waals surface area contributed by atoms with E-state index in [1.54, 1.807) is 19.2 Å². The van der Waals surface area contributed by atoms with Gasteiger partial charge in [-0.05, 0) is 30.7 Å². The van der Waals surface area contributed by atoms with Crippen LogP contribution in [0.15, 0.2) is 54.9 Å². The van der Waals surface area contributed by atoms with E-state index in [0.29, 0.717) is 17.9 Å². The number of rotatable bonds is 6. The number of ether oxygens (including phenoxy) is 1. The molecule has 0 spiro atoms. The predicted octanol–water partition coefficient (Wildman–Crippen LogP) is 2.87. The molecule has 0 unspecified atom stereocenters. The molecule has 0 bridgehead atoms. The molecule has 1 N–H and O–H groups in total. The first-order valence-electron chi connectivity index (χ1n) is 7.60. The molecule has 0 saturated carbocycles. The second-order valence-corrected chi connectivity index (χ2v) is 5.24. The van der Waals surface area contributed by atoms with Crippen molar-refractivity contribution in [1.82, 2.24) is 14.9 Å². The van der Waals surface area contributed by atoms with Crippen molar-refractivity contribution < 1.29 is 9.53 Å². The smallest absolute Gasteiger partial charge is 0.255 e. The number of fused-ring (bicyclic) bond motifs is 1. The maximum atomic E-state index is 12.2. The Morgan fingerprint density at radius 2 is 1.96 bits per heavy atom. The first-order valence-corrected chi connectivity index (χ1v) is 7.60. The van der Waals surface area contributed by atoms with Gasteiger partial charge in [0.05, 0.1) is 30.0 Å². The molecular weight excluding hydrogens is 290 g/mol. The van der Waals surface area contributed by atoms with E-state index in [2.05, 4.69) is 20.9 Å². The molecule has 0 atom stereocenters. The monoisotopic (exact) mass is 309 g/mol. The summed E-state index contributed by atoms with van der Waals surface area (Å²) in [6.45, 7) is 1.41. The van der Waals surface area contributed by atoms with Crippen molar-refractivity contribution in [3.8, 4) is 5.75 Å². The fraction of sp³-hybridized carbons (Fsp3) is 0.222. The number of para-hydroxylation sites is 3. The maximum absolute atomic E-state index is 12.2. The highest BCUT2D eigenvalue weighted by molar-refractivity contribution is 5.96. The molecule has 0 aliphatic rings. The highest BCUT2D eigenvalue weighted by atomic mass is 16.5. The van der Waals surface area contributed by atoms with Gasteiger partial charge in [-0.2, -0.15) is 0 Å². The average molecular weight is 309 g/mol. The number of hydrogen-bond donors (Lipinski definition) is 1. The highest BCUT2D eigenvalue weighted by Gasteiger charge is 2.10. The molecule has 1 heterocycles. The highest BCUT2D eigenvalue weighted by Crippen LogP contribution is 2.17. The molecule has 5 heteroatoms. The summed E-state index contributed by atoms with van der Waals surface area (Å²) in [6.07, 6.45) is 2.67. The lowest BCUT2D eigenvalue weighted by atomic mass is 10.2. The van der Waals surface area contributed by atoms with E-state index >= 15 is 0 Å². The minimum absolute atomic E-state index is 0.113. The lowest BCUT2D eigenvalue weighted by molar-refractivity contribution is 0.0950. The van der Waals surface area contributed by atoms with E-state index in [9.17, 15) is 4.79 Å². The summed E-state index contributed by atoms with van der Waals surface area (Å²) < 4.78 is 7.31. The largest absolute Gasteiger partial charge is 0.496 e. The summed E-state index contributed by atoms with van der Waals surface area (Å²) >= 11 is 0. The van der Waals surface area contributed by atoms with E-state index < -0.39 is 0 Å². The number of methoxy groups -OCH3 is 1. The van der Waals surface area contributed by atoms with Gasteiger partial charge in [-0.1, -0.05) is 24.3 Å². The van der Waals surface area contributed by atoms with E-state index in [4.69, 9.17) is 4.74 Å². The first-order chi connectivity index (χ1) is 11.3. The van der Waals surface area contributed by atoms with Crippen molar-refractivity contribution in [1.29, 1.82) is 0 Å². The van der Waals surface area contributed by atoms with Gasteiger partial charge < -0.3 is 14.6 Å². The van der Waals surface area contributed by atoms with Crippen molar-refractivity contribution in [2.24, 2.45) is 0 Å². The maximum Gasteiger partial charge on any atom is 0.255 e. The van der Waals surface area contributed by atoms with Gasteiger partial charge in [-0.3, -0.25) is 4.79 Å². The Morgan fingerprint density at radius 1 is 1.17 bits per heavy atom. The minimum atomic E-state index is -0.113. The number of nitrogens with one attached hydrogen (secondary N) is 1. The van der Waals surface area contributed by atoms with Gasteiger partial charge >= 0.3 is 0 Å². The van der Waals surface area contributed by atoms with Crippen LogP contribution >= 0.6 is 0 Å². The number of amides is 1. The Hall–Kier alpha value is -2.82. The topological polar surface area (TPSA) is 56.1 Å². The normalized spacial score (nSPS) is 10.7. The van der Waals surface area contributed by atoms with Gasteiger partial charge in [0.25, 0.3) is 5.91 Å². The first kappa shape index (κ1) is 15.1. The van der Waals surface area contributed by atoms with Gasteiger partial charge in [0.2, 0.25) is 0 Å². The fourth-order valence-electron chi connectivity index (χ4n) is 2.57. The molecule has 0 aliphatic carbocycles. The number of carbonyl (C=O) groups excluding carboxylic acids is 1. The Labute approximate surface area is 134 Å². The van der Waals surface area contributed by atoms with Crippen LogP contribution in [0.4, 0.5) is 0 Å². The van der Waals surface area contributed by atoms with Crippen molar-refractivity contribution >= 4 is 16.9 Å². The van der Waals surface area contributed by atoms with Crippen LogP contribution < -0.4 is 10.1 Å². The van der Waals surface area contributed by atoms with Crippen molar-refractivity contribution in [3.63, 3.8) is 0 Å². The van der Waals surface area contributed by atoms with Crippen LogP contribution in [0, 0.1) is 0 Å². The second kappa shape index (κ2) is 6.96. The molecule has 0 aliphatic heterocycles. The standard InChI is InChI=1S/C18H19N3O2/c1-23-17-10-5-2-7-14(17)18(22)19-11-6-12-21-13-20-15-8-3-4-9-16(15)21/h2-5,7-10,13H,6,11-12H2,1H3,(H,19,22). The zero-order chi connectivity index (χ0) is 16.1. The Kier molecular flexibility index (Phi) is 4.57. The number of aromatic nitrogens is 2. The zero-order valence-corrected chi connectivity index (χ0v) is 13.0. The Bertz CT molecular complexity index is 811. The minimum Gasteiger partial charge on any atom is -0.496 e. The SMILES string of the molecule is COc1ccccc1C(=O)NCCCn1cnc2ccccc21. The van der Waals surface area contributed by atoms with Crippen molar-refractivity contribution in [2.75, 3.05) is 13.7 Å². The lowest BCUT2D eigenvalue weighted by Gasteiger charge is -2.09. The molecule has 1 aromatic heterocycles. The Balaban J connectivity index is 1.54. The molecule has 0 radical (unpaired) electrons. The van der Waals surface area contributed by atoms with Crippen LogP contribution in [-0.2, 0) is 6.54 Å². The van der Waals surface area contributed by atoms with Crippen LogP contribution in [0.5, 0.6) is 5.75 Å². The summed E-state index contributed by atoms with van der Waals surface area (Å²) in [5, 5.41) is 2.93. The molecule has 5 nitrogen and oxygen atoms in total. The van der Waals surface area contributed by atoms with Gasteiger partial charge in [-0.25, -0.2) is 4.98 Å². The number of imidazole rings is 1. The van der Waals surface area contributed by atoms with Crippen molar-refractivity contribution in [2.45, 2.75) is 13.0 Å². The molecule has 1 amide bonds. The Morgan fingerprint density at radius 3 is 2.83 bits per heavy atom. The fourth-order valence-corrected chi connectivity index (χ4v) is 2.57. The summed E-state index contributed by atoms with van der Waals surface area (Å²) in [5.41, 5.74) is 2.66. The molecule has 3 aromatic rings. The molecule has 3 rings (SSSR count). The van der Waals surface area contributed by atoms with Crippen LogP contribution in [0.3, 0.4) is 0 Å². The zero-order valence-electron chi connectivity index (χ0n) is 13.0. The third kappa shape index (κ3) is 3.34. The number of carbonyl (C=O) groups is 1. The van der Waals surface area contributed by atoms with Gasteiger partial charge in [0.15, 0.2) is 0 Å². The quantitative estimate of drug-likeness (QED) is 0.712. The molecule has 118 valence electrons. The predicted molar refractivity (Wildman–Crippen MR) is 89.7 cm³/mol. The van der Waals surface area contributed by atoms with Crippen LogP contribution in [-0.4, -0.2) is 29.1 Å². The number of nitrogens with zero attached hydrogens (tertiary/aromatic N) is 2.